The maximum absolute atomic E-state index is 6.01. The van der Waals surface area contributed by atoms with Gasteiger partial charge in [0.15, 0.2) is 11.6 Å². The number of hydrogen-bond acceptors (Lipinski definition) is 5. The first-order valence-electron chi connectivity index (χ1n) is 10.1. The Hall–Kier alpha value is -1.76. The van der Waals surface area contributed by atoms with E-state index in [1.54, 1.807) is 0 Å². The minimum absolute atomic E-state index is 0.0432. The van der Waals surface area contributed by atoms with E-state index in [1.807, 2.05) is 4.68 Å². The molecule has 4 rings (SSSR count). The Bertz CT molecular complexity index is 753. The summed E-state index contributed by atoms with van der Waals surface area (Å²) in [4.78, 5) is 7.36. The molecule has 0 aliphatic carbocycles. The van der Waals surface area contributed by atoms with Gasteiger partial charge in [0.2, 0.25) is 0 Å². The first-order chi connectivity index (χ1) is 13.1. The lowest BCUT2D eigenvalue weighted by Crippen LogP contribution is -2.34. The number of aromatic nitrogens is 3. The van der Waals surface area contributed by atoms with E-state index in [1.165, 1.54) is 37.1 Å². The number of piperidine rings is 1. The van der Waals surface area contributed by atoms with E-state index in [0.717, 1.165) is 36.8 Å². The Morgan fingerprint density at radius 2 is 1.89 bits per heavy atom. The van der Waals surface area contributed by atoms with E-state index in [0.29, 0.717) is 12.5 Å². The lowest BCUT2D eigenvalue weighted by atomic mass is 9.94. The van der Waals surface area contributed by atoms with Gasteiger partial charge in [-0.15, -0.1) is 0 Å². The number of nitrogens with one attached hydrogen (secondary N) is 1. The van der Waals surface area contributed by atoms with Crippen molar-refractivity contribution < 1.29 is 4.74 Å². The Balaban J connectivity index is 1.64. The third-order valence-corrected chi connectivity index (χ3v) is 5.65. The first-order valence-corrected chi connectivity index (χ1v) is 10.1. The van der Waals surface area contributed by atoms with Crippen LogP contribution in [0.5, 0.6) is 0 Å². The average Bonchev–Trinajstić information content (AvgIpc) is 3.07. The highest BCUT2D eigenvalue weighted by atomic mass is 16.5. The Labute approximate surface area is 161 Å². The van der Waals surface area contributed by atoms with Gasteiger partial charge < -0.3 is 15.0 Å². The summed E-state index contributed by atoms with van der Waals surface area (Å²) in [6.07, 6.45) is 3.37. The largest absolute Gasteiger partial charge is 0.368 e. The number of rotatable bonds is 4. The monoisotopic (exact) mass is 369 g/mol. The minimum atomic E-state index is -0.0432. The van der Waals surface area contributed by atoms with Crippen molar-refractivity contribution in [2.45, 2.75) is 39.2 Å². The van der Waals surface area contributed by atoms with E-state index in [-0.39, 0.29) is 6.10 Å². The number of aryl methyl sites for hydroxylation is 2. The molecule has 1 unspecified atom stereocenters. The van der Waals surface area contributed by atoms with Crippen LogP contribution >= 0.6 is 0 Å². The molecule has 0 saturated carbocycles. The highest BCUT2D eigenvalue weighted by Gasteiger charge is 2.26. The third kappa shape index (κ3) is 4.39. The van der Waals surface area contributed by atoms with Crippen molar-refractivity contribution in [3.8, 4) is 5.69 Å². The molecule has 1 aromatic carbocycles. The van der Waals surface area contributed by atoms with Gasteiger partial charge in [-0.2, -0.15) is 5.10 Å². The second kappa shape index (κ2) is 8.09. The topological polar surface area (TPSA) is 55.2 Å². The zero-order chi connectivity index (χ0) is 18.8. The van der Waals surface area contributed by atoms with E-state index >= 15 is 0 Å². The van der Waals surface area contributed by atoms with Gasteiger partial charge in [0, 0.05) is 19.5 Å². The third-order valence-electron chi connectivity index (χ3n) is 5.65. The van der Waals surface area contributed by atoms with Gasteiger partial charge in [0.1, 0.15) is 6.10 Å². The molecule has 27 heavy (non-hydrogen) atoms. The van der Waals surface area contributed by atoms with Crippen molar-refractivity contribution in [2.24, 2.45) is 5.92 Å². The van der Waals surface area contributed by atoms with E-state index in [2.05, 4.69) is 49.3 Å². The molecule has 3 heterocycles. The standard InChI is InChI=1S/C21H31N5O/c1-15-10-16(2)12-18(11-15)26-21(19-14-22-6-9-27-19)23-20(24-26)13-17-4-7-25(3)8-5-17/h10-12,17,19,22H,4-9,13-14H2,1-3H3. The molecule has 2 saturated heterocycles. The van der Waals surface area contributed by atoms with Crippen molar-refractivity contribution in [3.63, 3.8) is 0 Å². The fraction of sp³-hybridized carbons (Fsp3) is 0.619. The van der Waals surface area contributed by atoms with Crippen molar-refractivity contribution in [1.29, 1.82) is 0 Å². The van der Waals surface area contributed by atoms with Crippen LogP contribution in [0.3, 0.4) is 0 Å². The molecule has 2 aliphatic heterocycles. The highest BCUT2D eigenvalue weighted by molar-refractivity contribution is 5.39. The maximum atomic E-state index is 6.01. The number of ether oxygens (including phenoxy) is 1. The first kappa shape index (κ1) is 18.6. The number of benzene rings is 1. The van der Waals surface area contributed by atoms with Gasteiger partial charge in [-0.3, -0.25) is 0 Å². The van der Waals surface area contributed by atoms with E-state index in [4.69, 9.17) is 14.8 Å². The molecule has 2 fully saturated rings. The van der Waals surface area contributed by atoms with Crippen molar-refractivity contribution in [1.82, 2.24) is 25.0 Å². The molecule has 146 valence electrons. The molecule has 0 radical (unpaired) electrons. The summed E-state index contributed by atoms with van der Waals surface area (Å²) in [6, 6.07) is 6.56. The molecule has 0 spiro atoms. The SMILES string of the molecule is Cc1cc(C)cc(-n2nc(CC3CCN(C)CC3)nc2C2CNCCO2)c1. The second-order valence-corrected chi connectivity index (χ2v) is 8.16. The zero-order valence-corrected chi connectivity index (χ0v) is 16.7. The number of morpholine rings is 1. The molecule has 2 aliphatic rings. The van der Waals surface area contributed by atoms with Crippen molar-refractivity contribution >= 4 is 0 Å². The second-order valence-electron chi connectivity index (χ2n) is 8.16. The summed E-state index contributed by atoms with van der Waals surface area (Å²) in [7, 11) is 2.20. The molecular weight excluding hydrogens is 338 g/mol. The fourth-order valence-corrected chi connectivity index (χ4v) is 4.18. The van der Waals surface area contributed by atoms with Gasteiger partial charge in [-0.25, -0.2) is 9.67 Å². The molecule has 0 amide bonds. The van der Waals surface area contributed by atoms with Crippen LogP contribution in [0.15, 0.2) is 18.2 Å². The number of hydrogen-bond donors (Lipinski definition) is 1. The Kier molecular flexibility index (Phi) is 5.57. The number of likely N-dealkylation sites (tertiary alicyclic amines) is 1. The zero-order valence-electron chi connectivity index (χ0n) is 16.7. The van der Waals surface area contributed by atoms with E-state index < -0.39 is 0 Å². The highest BCUT2D eigenvalue weighted by Crippen LogP contribution is 2.25. The van der Waals surface area contributed by atoms with Crippen LogP contribution in [-0.2, 0) is 11.2 Å². The molecule has 1 atom stereocenters. The summed E-state index contributed by atoms with van der Waals surface area (Å²) < 4.78 is 8.03. The van der Waals surface area contributed by atoms with Gasteiger partial charge in [0.05, 0.1) is 12.3 Å². The Morgan fingerprint density at radius 1 is 1.15 bits per heavy atom. The van der Waals surface area contributed by atoms with Crippen LogP contribution in [0.4, 0.5) is 0 Å². The molecule has 0 bridgehead atoms. The lowest BCUT2D eigenvalue weighted by molar-refractivity contribution is 0.0208. The molecule has 6 heteroatoms. The molecular formula is C21H31N5O. The van der Waals surface area contributed by atoms with Crippen molar-refractivity contribution in [3.05, 3.63) is 41.0 Å². The molecule has 1 N–H and O–H groups in total. The lowest BCUT2D eigenvalue weighted by Gasteiger charge is -2.28. The smallest absolute Gasteiger partial charge is 0.162 e. The molecule has 2 aromatic rings. The van der Waals surface area contributed by atoms with E-state index in [9.17, 15) is 0 Å². The predicted molar refractivity (Wildman–Crippen MR) is 106 cm³/mol. The van der Waals surface area contributed by atoms with Crippen LogP contribution in [-0.4, -0.2) is 59.5 Å². The average molecular weight is 370 g/mol. The van der Waals surface area contributed by atoms with Gasteiger partial charge in [-0.05, 0) is 76.0 Å². The van der Waals surface area contributed by atoms with Crippen LogP contribution in [0.2, 0.25) is 0 Å². The summed E-state index contributed by atoms with van der Waals surface area (Å²) >= 11 is 0. The van der Waals surface area contributed by atoms with Crippen LogP contribution < -0.4 is 5.32 Å². The van der Waals surface area contributed by atoms with Crippen molar-refractivity contribution in [2.75, 3.05) is 39.8 Å². The Morgan fingerprint density at radius 3 is 2.56 bits per heavy atom. The van der Waals surface area contributed by atoms with Crippen LogP contribution in [0.1, 0.15) is 41.7 Å². The summed E-state index contributed by atoms with van der Waals surface area (Å²) in [6.45, 7) is 9.01. The summed E-state index contributed by atoms with van der Waals surface area (Å²) in [5.74, 6) is 2.55. The molecule has 1 aromatic heterocycles. The maximum Gasteiger partial charge on any atom is 0.162 e. The summed E-state index contributed by atoms with van der Waals surface area (Å²) in [5.41, 5.74) is 3.57. The fourth-order valence-electron chi connectivity index (χ4n) is 4.18. The van der Waals surface area contributed by atoms with Gasteiger partial charge in [0.25, 0.3) is 0 Å². The summed E-state index contributed by atoms with van der Waals surface area (Å²) in [5, 5.41) is 8.35. The van der Waals surface area contributed by atoms with Crippen LogP contribution in [0, 0.1) is 19.8 Å². The number of nitrogens with zero attached hydrogens (tertiary/aromatic N) is 4. The van der Waals surface area contributed by atoms with Gasteiger partial charge >= 0.3 is 0 Å². The van der Waals surface area contributed by atoms with Gasteiger partial charge in [-0.1, -0.05) is 6.07 Å². The minimum Gasteiger partial charge on any atom is -0.368 e. The predicted octanol–water partition coefficient (Wildman–Crippen LogP) is 2.43. The normalized spacial score (nSPS) is 22.3. The quantitative estimate of drug-likeness (QED) is 0.897. The van der Waals surface area contributed by atoms with Crippen LogP contribution in [0.25, 0.3) is 5.69 Å². The molecule has 6 nitrogen and oxygen atoms in total.